The molecule has 0 heterocycles. The smallest absolute Gasteiger partial charge is 0.124 e. The van der Waals surface area contributed by atoms with Crippen molar-refractivity contribution in [1.82, 2.24) is 0 Å². The van der Waals surface area contributed by atoms with Gasteiger partial charge in [-0.1, -0.05) is 23.2 Å². The number of hydrogen-bond acceptors (Lipinski definition) is 2. The lowest BCUT2D eigenvalue weighted by atomic mass is 10.2. The number of benzene rings is 2. The van der Waals surface area contributed by atoms with E-state index >= 15 is 0 Å². The van der Waals surface area contributed by atoms with Crippen LogP contribution in [0.5, 0.6) is 5.75 Å². The van der Waals surface area contributed by atoms with Gasteiger partial charge >= 0.3 is 0 Å². The summed E-state index contributed by atoms with van der Waals surface area (Å²) < 4.78 is 12.8. The molecule has 2 aromatic carbocycles. The van der Waals surface area contributed by atoms with E-state index in [0.717, 1.165) is 0 Å². The number of phenolic OH excluding ortho intramolecular Hbond substituents is 1. The molecule has 0 saturated carbocycles. The molecule has 2 rings (SSSR count). The summed E-state index contributed by atoms with van der Waals surface area (Å²) in [5, 5.41) is 10.3. The lowest BCUT2D eigenvalue weighted by Gasteiger charge is -2.00. The van der Waals surface area contributed by atoms with Gasteiger partial charge in [-0.2, -0.15) is 0 Å². The third-order valence-corrected chi connectivity index (χ3v) is 2.78. The number of phenols is 1. The highest BCUT2D eigenvalue weighted by Gasteiger charge is 2.02. The summed E-state index contributed by atoms with van der Waals surface area (Å²) in [5.74, 6) is -0.370. The van der Waals surface area contributed by atoms with Gasteiger partial charge in [0.2, 0.25) is 0 Å². The van der Waals surface area contributed by atoms with E-state index < -0.39 is 5.82 Å². The maximum absolute atomic E-state index is 12.8. The molecule has 5 heteroatoms. The van der Waals surface area contributed by atoms with Gasteiger partial charge in [-0.15, -0.1) is 0 Å². The number of aliphatic imine (C=N–C) groups is 1. The number of rotatable bonds is 2. The Hall–Kier alpha value is -1.58. The first kappa shape index (κ1) is 12.9. The molecule has 0 aliphatic carbocycles. The topological polar surface area (TPSA) is 32.6 Å². The van der Waals surface area contributed by atoms with Crippen molar-refractivity contribution in [2.24, 2.45) is 4.99 Å². The molecule has 0 aliphatic heterocycles. The summed E-state index contributed by atoms with van der Waals surface area (Å²) in [4.78, 5) is 4.08. The molecular weight excluding hydrogens is 276 g/mol. The third kappa shape index (κ3) is 3.00. The van der Waals surface area contributed by atoms with Crippen LogP contribution in [0.1, 0.15) is 5.56 Å². The van der Waals surface area contributed by atoms with E-state index in [1.54, 1.807) is 12.1 Å². The second-order valence-corrected chi connectivity index (χ2v) is 4.40. The Bertz CT molecular complexity index is 614. The van der Waals surface area contributed by atoms with Crippen molar-refractivity contribution in [3.05, 3.63) is 57.8 Å². The predicted molar refractivity (Wildman–Crippen MR) is 71.8 cm³/mol. The van der Waals surface area contributed by atoms with E-state index in [0.29, 0.717) is 16.3 Å². The molecule has 2 nitrogen and oxygen atoms in total. The first-order valence-electron chi connectivity index (χ1n) is 5.04. The van der Waals surface area contributed by atoms with Crippen LogP contribution in [0.3, 0.4) is 0 Å². The van der Waals surface area contributed by atoms with Crippen molar-refractivity contribution >= 4 is 35.1 Å². The fourth-order valence-electron chi connectivity index (χ4n) is 1.35. The number of nitrogens with zero attached hydrogens (tertiary/aromatic N) is 1. The third-order valence-electron chi connectivity index (χ3n) is 2.24. The lowest BCUT2D eigenvalue weighted by molar-refractivity contribution is 0.474. The second-order valence-electron chi connectivity index (χ2n) is 3.56. The van der Waals surface area contributed by atoms with E-state index in [1.807, 2.05) is 0 Å². The molecule has 2 aromatic rings. The van der Waals surface area contributed by atoms with Crippen molar-refractivity contribution in [3.8, 4) is 5.75 Å². The Balaban J connectivity index is 2.32. The fourth-order valence-corrected chi connectivity index (χ4v) is 1.75. The van der Waals surface area contributed by atoms with Crippen LogP contribution in [0.2, 0.25) is 10.0 Å². The quantitative estimate of drug-likeness (QED) is 0.804. The molecule has 0 spiro atoms. The summed E-state index contributed by atoms with van der Waals surface area (Å²) in [5.41, 5.74) is 0.875. The zero-order valence-electron chi connectivity index (χ0n) is 9.07. The Morgan fingerprint density at radius 2 is 1.89 bits per heavy atom. The Kier molecular flexibility index (Phi) is 3.84. The van der Waals surface area contributed by atoms with Gasteiger partial charge in [0.15, 0.2) is 0 Å². The molecule has 0 radical (unpaired) electrons. The van der Waals surface area contributed by atoms with Crippen LogP contribution in [0.25, 0.3) is 0 Å². The van der Waals surface area contributed by atoms with Crippen molar-refractivity contribution in [1.29, 1.82) is 0 Å². The minimum absolute atomic E-state index is 0.0568. The molecule has 18 heavy (non-hydrogen) atoms. The van der Waals surface area contributed by atoms with Crippen LogP contribution in [-0.4, -0.2) is 11.3 Å². The molecule has 0 unspecified atom stereocenters. The second kappa shape index (κ2) is 5.38. The van der Waals surface area contributed by atoms with Gasteiger partial charge in [0.05, 0.1) is 10.7 Å². The van der Waals surface area contributed by atoms with Gasteiger partial charge in [-0.25, -0.2) is 4.39 Å². The van der Waals surface area contributed by atoms with Crippen LogP contribution in [-0.2, 0) is 0 Å². The Morgan fingerprint density at radius 1 is 1.11 bits per heavy atom. The summed E-state index contributed by atoms with van der Waals surface area (Å²) in [6.45, 7) is 0. The molecule has 0 amide bonds. The molecule has 0 saturated heterocycles. The SMILES string of the molecule is Oc1ccc(Cl)cc1C=Nc1ccc(F)cc1Cl. The van der Waals surface area contributed by atoms with Crippen molar-refractivity contribution < 1.29 is 9.50 Å². The van der Waals surface area contributed by atoms with E-state index in [4.69, 9.17) is 23.2 Å². The van der Waals surface area contributed by atoms with Crippen molar-refractivity contribution in [2.45, 2.75) is 0 Å². The normalized spacial score (nSPS) is 11.1. The number of hydrogen-bond donors (Lipinski definition) is 1. The van der Waals surface area contributed by atoms with E-state index in [-0.39, 0.29) is 10.8 Å². The molecule has 0 aromatic heterocycles. The van der Waals surface area contributed by atoms with Crippen LogP contribution in [0, 0.1) is 5.82 Å². The van der Waals surface area contributed by atoms with Crippen LogP contribution in [0.15, 0.2) is 41.4 Å². The lowest BCUT2D eigenvalue weighted by Crippen LogP contribution is -1.82. The minimum Gasteiger partial charge on any atom is -0.507 e. The summed E-state index contributed by atoms with van der Waals surface area (Å²) in [6, 6.07) is 8.49. The fraction of sp³-hybridized carbons (Fsp3) is 0. The van der Waals surface area contributed by atoms with Gasteiger partial charge < -0.3 is 5.11 Å². The minimum atomic E-state index is -0.426. The Morgan fingerprint density at radius 3 is 2.61 bits per heavy atom. The number of halogens is 3. The molecule has 0 atom stereocenters. The first-order valence-corrected chi connectivity index (χ1v) is 5.79. The van der Waals surface area contributed by atoms with E-state index in [2.05, 4.69) is 4.99 Å². The molecule has 1 N–H and O–H groups in total. The van der Waals surface area contributed by atoms with E-state index in [9.17, 15) is 9.50 Å². The average molecular weight is 284 g/mol. The summed E-state index contributed by atoms with van der Waals surface area (Å²) >= 11 is 11.6. The van der Waals surface area contributed by atoms with Gasteiger partial charge in [-0.3, -0.25) is 4.99 Å². The molecule has 0 bridgehead atoms. The highest BCUT2D eigenvalue weighted by atomic mass is 35.5. The molecule has 0 aliphatic rings. The maximum Gasteiger partial charge on any atom is 0.124 e. The van der Waals surface area contributed by atoms with Crippen molar-refractivity contribution in [3.63, 3.8) is 0 Å². The number of aromatic hydroxyl groups is 1. The molecular formula is C13H8Cl2FNO. The van der Waals surface area contributed by atoms with E-state index in [1.165, 1.54) is 30.5 Å². The highest BCUT2D eigenvalue weighted by Crippen LogP contribution is 2.26. The zero-order chi connectivity index (χ0) is 13.1. The summed E-state index contributed by atoms with van der Waals surface area (Å²) in [7, 11) is 0. The van der Waals surface area contributed by atoms with Crippen LogP contribution in [0.4, 0.5) is 10.1 Å². The standard InChI is InChI=1S/C13H8Cl2FNO/c14-9-1-4-13(18)8(5-9)7-17-12-3-2-10(16)6-11(12)15/h1-7,18H. The van der Waals surface area contributed by atoms with Crippen LogP contribution >= 0.6 is 23.2 Å². The van der Waals surface area contributed by atoms with Gasteiger partial charge in [0, 0.05) is 16.8 Å². The van der Waals surface area contributed by atoms with Crippen molar-refractivity contribution in [2.75, 3.05) is 0 Å². The largest absolute Gasteiger partial charge is 0.507 e. The summed E-state index contributed by atoms with van der Waals surface area (Å²) in [6.07, 6.45) is 1.42. The zero-order valence-corrected chi connectivity index (χ0v) is 10.6. The van der Waals surface area contributed by atoms with Gasteiger partial charge in [-0.05, 0) is 36.4 Å². The average Bonchev–Trinajstić information content (AvgIpc) is 2.32. The monoisotopic (exact) mass is 283 g/mol. The first-order chi connectivity index (χ1) is 8.56. The van der Waals surface area contributed by atoms with Gasteiger partial charge in [0.25, 0.3) is 0 Å². The highest BCUT2D eigenvalue weighted by molar-refractivity contribution is 6.33. The Labute approximate surface area is 113 Å². The molecule has 92 valence electrons. The van der Waals surface area contributed by atoms with Crippen LogP contribution < -0.4 is 0 Å². The van der Waals surface area contributed by atoms with Gasteiger partial charge in [0.1, 0.15) is 11.6 Å². The maximum atomic E-state index is 12.8. The predicted octanol–water partition coefficient (Wildman–Crippen LogP) is 4.59. The molecule has 0 fully saturated rings.